The molecule has 0 aromatic heterocycles. The predicted octanol–water partition coefficient (Wildman–Crippen LogP) is 3.66. The van der Waals surface area contributed by atoms with Gasteiger partial charge in [-0.15, -0.1) is 0 Å². The van der Waals surface area contributed by atoms with Crippen LogP contribution < -0.4 is 0 Å². The standard InChI is InChI=1S/C17H40O6Si3/c1-18-14-13(12-20-24(3,4)5)21-17(23-26(9,10)11)16(19-2)15(14)22-25(6,7)8/h13-17H,12H2,1-11H3/t13-,14-,15+,16-,17?/m0/s1. The van der Waals surface area contributed by atoms with Crippen molar-refractivity contribution in [3.8, 4) is 0 Å². The quantitative estimate of drug-likeness (QED) is 0.526. The highest BCUT2D eigenvalue weighted by Gasteiger charge is 2.50. The monoisotopic (exact) mass is 424 g/mol. The van der Waals surface area contributed by atoms with Crippen molar-refractivity contribution < 1.29 is 27.5 Å². The van der Waals surface area contributed by atoms with Gasteiger partial charge in [0.15, 0.2) is 31.2 Å². The van der Waals surface area contributed by atoms with E-state index in [9.17, 15) is 0 Å². The van der Waals surface area contributed by atoms with E-state index in [1.54, 1.807) is 14.2 Å². The minimum absolute atomic E-state index is 0.248. The van der Waals surface area contributed by atoms with Crippen LogP contribution in [0.5, 0.6) is 0 Å². The Morgan fingerprint density at radius 3 is 1.54 bits per heavy atom. The molecule has 0 bridgehead atoms. The molecule has 1 heterocycles. The molecule has 0 aromatic rings. The third kappa shape index (κ3) is 8.19. The molecule has 0 N–H and O–H groups in total. The smallest absolute Gasteiger partial charge is 0.187 e. The summed E-state index contributed by atoms with van der Waals surface area (Å²) in [5.41, 5.74) is 0. The average Bonchev–Trinajstić information content (AvgIpc) is 2.41. The van der Waals surface area contributed by atoms with Crippen LogP contribution in [0.2, 0.25) is 58.9 Å². The van der Waals surface area contributed by atoms with Crippen molar-refractivity contribution >= 4 is 25.0 Å². The molecule has 1 saturated heterocycles. The van der Waals surface area contributed by atoms with Crippen LogP contribution in [-0.2, 0) is 27.5 Å². The lowest BCUT2D eigenvalue weighted by Gasteiger charge is -2.48. The molecule has 6 nitrogen and oxygen atoms in total. The second-order valence-electron chi connectivity index (χ2n) is 9.79. The number of hydrogen-bond acceptors (Lipinski definition) is 6. The Morgan fingerprint density at radius 2 is 1.15 bits per heavy atom. The van der Waals surface area contributed by atoms with E-state index >= 15 is 0 Å². The maximum Gasteiger partial charge on any atom is 0.187 e. The Balaban J connectivity index is 3.13. The highest BCUT2D eigenvalue weighted by atomic mass is 28.4. The van der Waals surface area contributed by atoms with Gasteiger partial charge in [-0.1, -0.05) is 0 Å². The van der Waals surface area contributed by atoms with E-state index in [2.05, 4.69) is 58.9 Å². The summed E-state index contributed by atoms with van der Waals surface area (Å²) in [6.07, 6.45) is -1.57. The molecular weight excluding hydrogens is 384 g/mol. The number of ether oxygens (including phenoxy) is 3. The van der Waals surface area contributed by atoms with Crippen LogP contribution in [0, 0.1) is 0 Å². The Labute approximate surface area is 163 Å². The Bertz CT molecular complexity index is 430. The third-order valence-corrected chi connectivity index (χ3v) is 6.73. The second-order valence-corrected chi connectivity index (χ2v) is 23.2. The number of rotatable bonds is 9. The molecule has 1 aliphatic rings. The normalized spacial score (nSPS) is 31.3. The van der Waals surface area contributed by atoms with Gasteiger partial charge in [-0.2, -0.15) is 0 Å². The molecule has 0 aliphatic carbocycles. The third-order valence-electron chi connectivity index (χ3n) is 3.78. The first-order chi connectivity index (χ1) is 11.7. The molecule has 1 fully saturated rings. The summed E-state index contributed by atoms with van der Waals surface area (Å²) < 4.78 is 36.9. The van der Waals surface area contributed by atoms with Gasteiger partial charge in [0.1, 0.15) is 24.4 Å². The molecule has 1 aliphatic heterocycles. The largest absolute Gasteiger partial charge is 0.415 e. The Kier molecular flexibility index (Phi) is 8.72. The summed E-state index contributed by atoms with van der Waals surface area (Å²) in [5.74, 6) is 0. The molecular formula is C17H40O6Si3. The summed E-state index contributed by atoms with van der Waals surface area (Å²) in [6, 6.07) is 0. The van der Waals surface area contributed by atoms with Crippen LogP contribution >= 0.6 is 0 Å². The lowest BCUT2D eigenvalue weighted by atomic mass is 9.99. The lowest BCUT2D eigenvalue weighted by Crippen LogP contribution is -2.64. The number of hydrogen-bond donors (Lipinski definition) is 0. The molecule has 0 radical (unpaired) electrons. The highest BCUT2D eigenvalue weighted by molar-refractivity contribution is 6.70. The fourth-order valence-electron chi connectivity index (χ4n) is 2.86. The van der Waals surface area contributed by atoms with Crippen LogP contribution in [0.4, 0.5) is 0 Å². The topological polar surface area (TPSA) is 55.4 Å². The summed E-state index contributed by atoms with van der Waals surface area (Å²) in [5, 5.41) is 0. The predicted molar refractivity (Wildman–Crippen MR) is 112 cm³/mol. The van der Waals surface area contributed by atoms with Gasteiger partial charge in [-0.05, 0) is 58.9 Å². The fraction of sp³-hybridized carbons (Fsp3) is 1.00. The van der Waals surface area contributed by atoms with E-state index < -0.39 is 31.2 Å². The Hall–Kier alpha value is 0.411. The SMILES string of the molecule is CO[C@@H]1[C@@H](O[Si](C)(C)C)[C@H](OC)C(O[Si](C)(C)C)O[C@H]1CO[Si](C)(C)C. The van der Waals surface area contributed by atoms with Gasteiger partial charge < -0.3 is 27.5 Å². The van der Waals surface area contributed by atoms with Crippen LogP contribution in [0.1, 0.15) is 0 Å². The van der Waals surface area contributed by atoms with Crippen molar-refractivity contribution in [1.29, 1.82) is 0 Å². The van der Waals surface area contributed by atoms with Gasteiger partial charge in [0.25, 0.3) is 0 Å². The van der Waals surface area contributed by atoms with E-state index in [1.165, 1.54) is 0 Å². The second kappa shape index (κ2) is 9.27. The summed E-state index contributed by atoms with van der Waals surface area (Å²) in [6.45, 7) is 19.9. The first-order valence-electron chi connectivity index (χ1n) is 9.37. The lowest BCUT2D eigenvalue weighted by molar-refractivity contribution is -0.285. The molecule has 5 atom stereocenters. The van der Waals surface area contributed by atoms with Crippen LogP contribution in [-0.4, -0.2) is 76.5 Å². The highest BCUT2D eigenvalue weighted by Crippen LogP contribution is 2.32. The first-order valence-corrected chi connectivity index (χ1v) is 19.6. The van der Waals surface area contributed by atoms with Crippen molar-refractivity contribution in [2.75, 3.05) is 20.8 Å². The van der Waals surface area contributed by atoms with Gasteiger partial charge in [-0.3, -0.25) is 0 Å². The minimum Gasteiger partial charge on any atom is -0.415 e. The molecule has 0 spiro atoms. The van der Waals surface area contributed by atoms with Crippen LogP contribution in [0.15, 0.2) is 0 Å². The van der Waals surface area contributed by atoms with Crippen molar-refractivity contribution in [3.05, 3.63) is 0 Å². The molecule has 26 heavy (non-hydrogen) atoms. The molecule has 1 rings (SSSR count). The molecule has 0 saturated carbocycles. The Morgan fingerprint density at radius 1 is 0.654 bits per heavy atom. The average molecular weight is 425 g/mol. The van der Waals surface area contributed by atoms with E-state index in [-0.39, 0.29) is 24.4 Å². The van der Waals surface area contributed by atoms with Gasteiger partial charge in [0.05, 0.1) is 6.61 Å². The zero-order chi connectivity index (χ0) is 20.3. The molecule has 156 valence electrons. The molecule has 9 heteroatoms. The van der Waals surface area contributed by atoms with E-state index in [4.69, 9.17) is 27.5 Å². The van der Waals surface area contributed by atoms with E-state index in [0.29, 0.717) is 6.61 Å². The van der Waals surface area contributed by atoms with Gasteiger partial charge in [0.2, 0.25) is 0 Å². The zero-order valence-corrected chi connectivity index (χ0v) is 21.5. The van der Waals surface area contributed by atoms with Crippen molar-refractivity contribution in [2.45, 2.75) is 89.6 Å². The van der Waals surface area contributed by atoms with Crippen LogP contribution in [0.3, 0.4) is 0 Å². The van der Waals surface area contributed by atoms with E-state index in [0.717, 1.165) is 0 Å². The van der Waals surface area contributed by atoms with Gasteiger partial charge >= 0.3 is 0 Å². The van der Waals surface area contributed by atoms with Gasteiger partial charge in [0, 0.05) is 14.2 Å². The number of methoxy groups -OCH3 is 2. The fourth-order valence-corrected chi connectivity index (χ4v) is 5.50. The van der Waals surface area contributed by atoms with Crippen LogP contribution in [0.25, 0.3) is 0 Å². The van der Waals surface area contributed by atoms with Crippen molar-refractivity contribution in [2.24, 2.45) is 0 Å². The van der Waals surface area contributed by atoms with E-state index in [1.807, 2.05) is 0 Å². The molecule has 0 aromatic carbocycles. The summed E-state index contributed by atoms with van der Waals surface area (Å²) >= 11 is 0. The summed E-state index contributed by atoms with van der Waals surface area (Å²) in [7, 11) is -1.96. The summed E-state index contributed by atoms with van der Waals surface area (Å²) in [4.78, 5) is 0. The maximum atomic E-state index is 6.49. The van der Waals surface area contributed by atoms with Crippen molar-refractivity contribution in [1.82, 2.24) is 0 Å². The maximum absolute atomic E-state index is 6.49. The van der Waals surface area contributed by atoms with Gasteiger partial charge in [-0.25, -0.2) is 0 Å². The minimum atomic E-state index is -1.83. The first kappa shape index (κ1) is 24.4. The molecule has 0 amide bonds. The zero-order valence-electron chi connectivity index (χ0n) is 18.5. The molecule has 1 unspecified atom stereocenters. The van der Waals surface area contributed by atoms with Crippen molar-refractivity contribution in [3.63, 3.8) is 0 Å².